The molecule has 1 fully saturated rings. The van der Waals surface area contributed by atoms with Crippen LogP contribution in [0.25, 0.3) is 0 Å². The molecule has 3 N–H and O–H groups in total. The first-order valence-corrected chi connectivity index (χ1v) is 6.84. The van der Waals surface area contributed by atoms with Crippen LogP contribution in [0.5, 0.6) is 0 Å². The third-order valence-corrected chi connectivity index (χ3v) is 3.14. The predicted molar refractivity (Wildman–Crippen MR) is 71.6 cm³/mol. The smallest absolute Gasteiger partial charge is 0.144 e. The van der Waals surface area contributed by atoms with Crippen LogP contribution in [0.15, 0.2) is 5.16 Å². The van der Waals surface area contributed by atoms with Gasteiger partial charge in [0.05, 0.1) is 12.3 Å². The highest BCUT2D eigenvalue weighted by Gasteiger charge is 2.20. The third-order valence-electron chi connectivity index (χ3n) is 3.14. The van der Waals surface area contributed by atoms with E-state index in [1.807, 2.05) is 13.8 Å². The molecule has 106 valence electrons. The summed E-state index contributed by atoms with van der Waals surface area (Å²) in [7, 11) is 0. The maximum Gasteiger partial charge on any atom is 0.144 e. The molecule has 0 amide bonds. The van der Waals surface area contributed by atoms with E-state index in [0.717, 1.165) is 31.4 Å². The Morgan fingerprint density at radius 2 is 2.22 bits per heavy atom. The van der Waals surface area contributed by atoms with E-state index in [1.54, 1.807) is 0 Å². The van der Waals surface area contributed by atoms with Gasteiger partial charge in [-0.3, -0.25) is 0 Å². The average molecular weight is 258 g/mol. The van der Waals surface area contributed by atoms with Crippen LogP contribution < -0.4 is 5.32 Å². The van der Waals surface area contributed by atoms with Crippen LogP contribution in [0.4, 0.5) is 0 Å². The Kier molecular flexibility index (Phi) is 7.23. The van der Waals surface area contributed by atoms with Crippen LogP contribution in [-0.2, 0) is 4.84 Å². The zero-order valence-corrected chi connectivity index (χ0v) is 11.4. The standard InChI is InChI=1S/C13H26N2O3/c1-10(2)14-7-12(17)9-18-15-13-6-4-3-5-11(13)8-16/h10-12,14,16-17H,3-9H2,1-2H3/b15-13+. The molecule has 0 bridgehead atoms. The number of rotatable bonds is 7. The molecule has 18 heavy (non-hydrogen) atoms. The summed E-state index contributed by atoms with van der Waals surface area (Å²) in [4.78, 5) is 5.19. The number of aliphatic hydroxyl groups is 2. The molecule has 2 unspecified atom stereocenters. The molecule has 1 rings (SSSR count). The largest absolute Gasteiger partial charge is 0.396 e. The van der Waals surface area contributed by atoms with Gasteiger partial charge in [0.1, 0.15) is 12.7 Å². The van der Waals surface area contributed by atoms with E-state index in [0.29, 0.717) is 12.6 Å². The van der Waals surface area contributed by atoms with E-state index in [1.165, 1.54) is 0 Å². The highest BCUT2D eigenvalue weighted by atomic mass is 16.6. The molecular formula is C13H26N2O3. The van der Waals surface area contributed by atoms with Gasteiger partial charge in [0.2, 0.25) is 0 Å². The van der Waals surface area contributed by atoms with Gasteiger partial charge in [0.15, 0.2) is 0 Å². The zero-order valence-electron chi connectivity index (χ0n) is 11.4. The van der Waals surface area contributed by atoms with Crippen molar-refractivity contribution in [3.8, 4) is 0 Å². The van der Waals surface area contributed by atoms with E-state index < -0.39 is 6.10 Å². The fraction of sp³-hybridized carbons (Fsp3) is 0.923. The van der Waals surface area contributed by atoms with E-state index in [2.05, 4.69) is 10.5 Å². The Bertz CT molecular complexity index is 257. The van der Waals surface area contributed by atoms with Crippen LogP contribution in [0.2, 0.25) is 0 Å². The van der Waals surface area contributed by atoms with Gasteiger partial charge >= 0.3 is 0 Å². The van der Waals surface area contributed by atoms with Gasteiger partial charge in [-0.1, -0.05) is 25.4 Å². The van der Waals surface area contributed by atoms with Gasteiger partial charge in [0, 0.05) is 18.5 Å². The number of hydrogen-bond acceptors (Lipinski definition) is 5. The van der Waals surface area contributed by atoms with Crippen molar-refractivity contribution < 1.29 is 15.1 Å². The maximum atomic E-state index is 9.64. The zero-order chi connectivity index (χ0) is 13.4. The second-order valence-electron chi connectivity index (χ2n) is 5.22. The molecule has 0 aromatic heterocycles. The van der Waals surface area contributed by atoms with Gasteiger partial charge in [-0.05, 0) is 19.3 Å². The molecule has 0 radical (unpaired) electrons. The Morgan fingerprint density at radius 3 is 2.89 bits per heavy atom. The number of aliphatic hydroxyl groups excluding tert-OH is 2. The van der Waals surface area contributed by atoms with Crippen molar-refractivity contribution >= 4 is 5.71 Å². The highest BCUT2D eigenvalue weighted by molar-refractivity contribution is 5.87. The van der Waals surface area contributed by atoms with Gasteiger partial charge in [-0.25, -0.2) is 0 Å². The number of nitrogens with one attached hydrogen (secondary N) is 1. The van der Waals surface area contributed by atoms with Crippen molar-refractivity contribution in [3.05, 3.63) is 0 Å². The highest BCUT2D eigenvalue weighted by Crippen LogP contribution is 2.21. The quantitative estimate of drug-likeness (QED) is 0.593. The maximum absolute atomic E-state index is 9.64. The first kappa shape index (κ1) is 15.4. The van der Waals surface area contributed by atoms with Crippen LogP contribution in [0.3, 0.4) is 0 Å². The van der Waals surface area contributed by atoms with Crippen molar-refractivity contribution in [3.63, 3.8) is 0 Å². The molecule has 0 saturated heterocycles. The molecule has 5 heteroatoms. The lowest BCUT2D eigenvalue weighted by Gasteiger charge is -2.21. The summed E-state index contributed by atoms with van der Waals surface area (Å²) in [6, 6.07) is 0.350. The average Bonchev–Trinajstić information content (AvgIpc) is 2.37. The number of oxime groups is 1. The Hall–Kier alpha value is -0.650. The number of nitrogens with zero attached hydrogens (tertiary/aromatic N) is 1. The van der Waals surface area contributed by atoms with Crippen LogP contribution in [0, 0.1) is 5.92 Å². The lowest BCUT2D eigenvalue weighted by Crippen LogP contribution is -2.34. The molecule has 2 atom stereocenters. The minimum absolute atomic E-state index is 0.139. The fourth-order valence-electron chi connectivity index (χ4n) is 2.02. The normalized spacial score (nSPS) is 24.5. The molecule has 0 spiro atoms. The van der Waals surface area contributed by atoms with E-state index in [4.69, 9.17) is 4.84 Å². The van der Waals surface area contributed by atoms with Crippen LogP contribution in [0.1, 0.15) is 39.5 Å². The van der Waals surface area contributed by atoms with Crippen molar-refractivity contribution in [1.29, 1.82) is 0 Å². The van der Waals surface area contributed by atoms with Gasteiger partial charge in [0.25, 0.3) is 0 Å². The molecule has 1 aliphatic carbocycles. The lowest BCUT2D eigenvalue weighted by molar-refractivity contribution is 0.0378. The molecule has 0 heterocycles. The van der Waals surface area contributed by atoms with Crippen molar-refractivity contribution in [2.24, 2.45) is 11.1 Å². The van der Waals surface area contributed by atoms with Gasteiger partial charge in [-0.15, -0.1) is 0 Å². The summed E-state index contributed by atoms with van der Waals surface area (Å²) in [5, 5.41) is 26.1. The summed E-state index contributed by atoms with van der Waals surface area (Å²) in [5.41, 5.74) is 0.938. The van der Waals surface area contributed by atoms with Gasteiger partial charge < -0.3 is 20.4 Å². The number of hydrogen-bond donors (Lipinski definition) is 3. The summed E-state index contributed by atoms with van der Waals surface area (Å²) >= 11 is 0. The Labute approximate surface area is 109 Å². The van der Waals surface area contributed by atoms with Crippen molar-refractivity contribution in [1.82, 2.24) is 5.32 Å². The minimum Gasteiger partial charge on any atom is -0.396 e. The van der Waals surface area contributed by atoms with E-state index in [-0.39, 0.29) is 19.1 Å². The van der Waals surface area contributed by atoms with Crippen molar-refractivity contribution in [2.75, 3.05) is 19.8 Å². The topological polar surface area (TPSA) is 74.1 Å². The van der Waals surface area contributed by atoms with Crippen LogP contribution in [-0.4, -0.2) is 47.8 Å². The fourth-order valence-corrected chi connectivity index (χ4v) is 2.02. The molecule has 0 aromatic carbocycles. The Morgan fingerprint density at radius 1 is 1.44 bits per heavy atom. The monoisotopic (exact) mass is 258 g/mol. The third kappa shape index (κ3) is 5.80. The summed E-state index contributed by atoms with van der Waals surface area (Å²) in [6.45, 7) is 4.90. The van der Waals surface area contributed by atoms with Crippen LogP contribution >= 0.6 is 0 Å². The second kappa shape index (κ2) is 8.45. The Balaban J connectivity index is 2.25. The minimum atomic E-state index is -0.548. The lowest BCUT2D eigenvalue weighted by atomic mass is 9.88. The first-order chi connectivity index (χ1) is 8.63. The molecule has 1 saturated carbocycles. The second-order valence-corrected chi connectivity index (χ2v) is 5.22. The van der Waals surface area contributed by atoms with Gasteiger partial charge in [-0.2, -0.15) is 0 Å². The molecular weight excluding hydrogens is 232 g/mol. The predicted octanol–water partition coefficient (Wildman–Crippen LogP) is 0.900. The molecule has 1 aliphatic rings. The van der Waals surface area contributed by atoms with E-state index >= 15 is 0 Å². The molecule has 0 aliphatic heterocycles. The van der Waals surface area contributed by atoms with E-state index in [9.17, 15) is 10.2 Å². The van der Waals surface area contributed by atoms with Crippen molar-refractivity contribution in [2.45, 2.75) is 51.7 Å². The summed E-state index contributed by atoms with van der Waals surface area (Å²) < 4.78 is 0. The SMILES string of the molecule is CC(C)NCC(O)CO/N=C1\CCCCC1CO. The molecule has 5 nitrogen and oxygen atoms in total. The summed E-state index contributed by atoms with van der Waals surface area (Å²) in [5.74, 6) is 0.143. The first-order valence-electron chi connectivity index (χ1n) is 6.84. The molecule has 0 aromatic rings. The summed E-state index contributed by atoms with van der Waals surface area (Å²) in [6.07, 6.45) is 3.58.